The fourth-order valence-electron chi connectivity index (χ4n) is 9.11. The van der Waals surface area contributed by atoms with E-state index in [1.165, 1.54) is 70.6 Å². The molecule has 0 aliphatic heterocycles. The average molecular weight is 441 g/mol. The molecule has 0 aromatic carbocycles. The van der Waals surface area contributed by atoms with Crippen molar-refractivity contribution in [3.05, 3.63) is 24.3 Å². The Kier molecular flexibility index (Phi) is 7.65. The molecule has 3 unspecified atom stereocenters. The van der Waals surface area contributed by atoms with E-state index >= 15 is 0 Å². The molecule has 182 valence electrons. The minimum absolute atomic E-state index is 0.447. The van der Waals surface area contributed by atoms with E-state index < -0.39 is 0 Å². The van der Waals surface area contributed by atoms with Crippen LogP contribution in [0, 0.1) is 46.3 Å². The van der Waals surface area contributed by atoms with Crippen LogP contribution in [0.15, 0.2) is 24.3 Å². The normalized spacial score (nSPS) is 42.1. The summed E-state index contributed by atoms with van der Waals surface area (Å²) in [5, 5.41) is 0. The van der Waals surface area contributed by atoms with E-state index in [2.05, 4.69) is 47.3 Å². The van der Waals surface area contributed by atoms with E-state index in [1.807, 2.05) is 6.08 Å². The molecule has 0 aromatic heterocycles. The topological polar surface area (TPSA) is 9.23 Å². The third-order valence-electron chi connectivity index (χ3n) is 10.9. The van der Waals surface area contributed by atoms with Crippen molar-refractivity contribution in [3.63, 3.8) is 0 Å². The fourth-order valence-corrected chi connectivity index (χ4v) is 9.11. The molecule has 0 saturated heterocycles. The van der Waals surface area contributed by atoms with Gasteiger partial charge in [0.15, 0.2) is 0 Å². The number of hydrogen-bond acceptors (Lipinski definition) is 1. The molecule has 1 nitrogen and oxygen atoms in total. The van der Waals surface area contributed by atoms with Crippen LogP contribution in [0.1, 0.15) is 112 Å². The van der Waals surface area contributed by atoms with Crippen LogP contribution in [0.2, 0.25) is 0 Å². The zero-order valence-corrected chi connectivity index (χ0v) is 22.0. The van der Waals surface area contributed by atoms with Crippen LogP contribution >= 0.6 is 0 Å². The Hall–Kier alpha value is -0.560. The summed E-state index contributed by atoms with van der Waals surface area (Å²) in [5.41, 5.74) is 2.81. The van der Waals surface area contributed by atoms with Crippen LogP contribution in [0.25, 0.3) is 0 Å². The predicted octanol–water partition coefficient (Wildman–Crippen LogP) is 8.99. The summed E-state index contributed by atoms with van der Waals surface area (Å²) in [5.74, 6) is 5.56. The van der Waals surface area contributed by atoms with Gasteiger partial charge in [-0.15, -0.1) is 6.58 Å². The molecule has 1 heteroatoms. The lowest BCUT2D eigenvalue weighted by atomic mass is 9.47. The number of rotatable bonds is 9. The lowest BCUT2D eigenvalue weighted by Gasteiger charge is -2.58. The SMILES string of the molecule is C=CCCO[C@H]1CC[C@@]2(C)C(=CCC3C2CC[C@@]2(C)C3CC[C@@H]2[C@H](C)CCCC(C)C)C1. The van der Waals surface area contributed by atoms with Crippen LogP contribution in [-0.4, -0.2) is 12.7 Å². The van der Waals surface area contributed by atoms with Gasteiger partial charge in [0, 0.05) is 0 Å². The molecule has 32 heavy (non-hydrogen) atoms. The van der Waals surface area contributed by atoms with Crippen molar-refractivity contribution in [1.82, 2.24) is 0 Å². The lowest BCUT2D eigenvalue weighted by Crippen LogP contribution is -2.51. The molecular weight excluding hydrogens is 388 g/mol. The molecule has 0 aromatic rings. The third-order valence-corrected chi connectivity index (χ3v) is 10.9. The highest BCUT2D eigenvalue weighted by Gasteiger charge is 2.59. The smallest absolute Gasteiger partial charge is 0.0612 e. The summed E-state index contributed by atoms with van der Waals surface area (Å²) in [6.45, 7) is 17.4. The monoisotopic (exact) mass is 440 g/mol. The van der Waals surface area contributed by atoms with E-state index in [-0.39, 0.29) is 0 Å². The van der Waals surface area contributed by atoms with E-state index in [4.69, 9.17) is 4.74 Å². The summed E-state index contributed by atoms with van der Waals surface area (Å²) in [4.78, 5) is 0. The highest BCUT2D eigenvalue weighted by Crippen LogP contribution is 2.67. The van der Waals surface area contributed by atoms with Crippen LogP contribution in [-0.2, 0) is 4.74 Å². The average Bonchev–Trinajstić information content (AvgIpc) is 3.11. The fraction of sp³-hybridized carbons (Fsp3) is 0.871. The molecule has 0 bridgehead atoms. The van der Waals surface area contributed by atoms with Gasteiger partial charge in [-0.05, 0) is 104 Å². The number of hydrogen-bond donors (Lipinski definition) is 0. The summed E-state index contributed by atoms with van der Waals surface area (Å²) in [6, 6.07) is 0. The minimum Gasteiger partial charge on any atom is -0.378 e. The Labute approximate surface area is 199 Å². The Balaban J connectivity index is 1.43. The van der Waals surface area contributed by atoms with Gasteiger partial charge in [0.25, 0.3) is 0 Å². The molecule has 0 heterocycles. The van der Waals surface area contributed by atoms with Gasteiger partial charge in [-0.2, -0.15) is 0 Å². The first kappa shape index (κ1) is 24.6. The summed E-state index contributed by atoms with van der Waals surface area (Å²) < 4.78 is 6.21. The molecule has 0 spiro atoms. The van der Waals surface area contributed by atoms with Crippen molar-refractivity contribution >= 4 is 0 Å². The second-order valence-electron chi connectivity index (χ2n) is 13.1. The molecule has 8 atom stereocenters. The van der Waals surface area contributed by atoms with E-state index in [1.54, 1.807) is 5.57 Å². The maximum absolute atomic E-state index is 6.21. The Bertz CT molecular complexity index is 676. The summed E-state index contributed by atoms with van der Waals surface area (Å²) in [6.07, 6.45) is 21.5. The highest BCUT2D eigenvalue weighted by atomic mass is 16.5. The standard InChI is InChI=1S/C31H52O/c1-7-8-20-32-25-16-18-30(5)24(21-25)12-13-26-28-15-14-27(23(4)11-9-10-22(2)3)31(28,6)19-17-29(26)30/h7,12,22-23,25-29H,1,8-11,13-21H2,2-6H3/t23-,25+,26?,27-,28?,29?,30+,31-/m1/s1. The predicted molar refractivity (Wildman–Crippen MR) is 138 cm³/mol. The van der Waals surface area contributed by atoms with Crippen molar-refractivity contribution in [2.45, 2.75) is 118 Å². The van der Waals surface area contributed by atoms with E-state index in [0.29, 0.717) is 16.9 Å². The lowest BCUT2D eigenvalue weighted by molar-refractivity contribution is -0.0636. The van der Waals surface area contributed by atoms with Crippen molar-refractivity contribution in [2.24, 2.45) is 46.3 Å². The molecule has 0 amide bonds. The van der Waals surface area contributed by atoms with E-state index in [0.717, 1.165) is 48.5 Å². The molecular formula is C31H52O. The van der Waals surface area contributed by atoms with Gasteiger partial charge in [0.05, 0.1) is 12.7 Å². The highest BCUT2D eigenvalue weighted by molar-refractivity contribution is 5.25. The van der Waals surface area contributed by atoms with Crippen molar-refractivity contribution < 1.29 is 4.74 Å². The van der Waals surface area contributed by atoms with Crippen molar-refractivity contribution in [3.8, 4) is 0 Å². The Morgan fingerprint density at radius 3 is 2.62 bits per heavy atom. The van der Waals surface area contributed by atoms with Gasteiger partial charge in [0.2, 0.25) is 0 Å². The molecule has 4 aliphatic rings. The second kappa shape index (κ2) is 9.97. The third kappa shape index (κ3) is 4.54. The molecule has 0 radical (unpaired) electrons. The van der Waals surface area contributed by atoms with Crippen LogP contribution in [0.3, 0.4) is 0 Å². The van der Waals surface area contributed by atoms with Crippen LogP contribution in [0.4, 0.5) is 0 Å². The van der Waals surface area contributed by atoms with E-state index in [9.17, 15) is 0 Å². The Morgan fingerprint density at radius 1 is 1.06 bits per heavy atom. The second-order valence-corrected chi connectivity index (χ2v) is 13.1. The molecule has 3 saturated carbocycles. The summed E-state index contributed by atoms with van der Waals surface area (Å²) >= 11 is 0. The van der Waals surface area contributed by atoms with Gasteiger partial charge in [-0.1, -0.05) is 71.6 Å². The zero-order valence-electron chi connectivity index (χ0n) is 22.0. The molecule has 4 aliphatic carbocycles. The van der Waals surface area contributed by atoms with Gasteiger partial charge < -0.3 is 4.74 Å². The maximum atomic E-state index is 6.21. The van der Waals surface area contributed by atoms with Crippen LogP contribution in [0.5, 0.6) is 0 Å². The first-order chi connectivity index (χ1) is 15.3. The quantitative estimate of drug-likeness (QED) is 0.257. The molecule has 4 rings (SSSR count). The zero-order chi connectivity index (χ0) is 22.9. The first-order valence-electron chi connectivity index (χ1n) is 14.2. The first-order valence-corrected chi connectivity index (χ1v) is 14.2. The number of fused-ring (bicyclic) bond motifs is 5. The minimum atomic E-state index is 0.447. The summed E-state index contributed by atoms with van der Waals surface area (Å²) in [7, 11) is 0. The number of allylic oxidation sites excluding steroid dienone is 1. The Morgan fingerprint density at radius 2 is 1.88 bits per heavy atom. The number of ether oxygens (including phenoxy) is 1. The van der Waals surface area contributed by atoms with Crippen molar-refractivity contribution in [1.29, 1.82) is 0 Å². The molecule has 0 N–H and O–H groups in total. The molecule has 3 fully saturated rings. The maximum Gasteiger partial charge on any atom is 0.0612 e. The van der Waals surface area contributed by atoms with Crippen LogP contribution < -0.4 is 0 Å². The van der Waals surface area contributed by atoms with Gasteiger partial charge in [-0.3, -0.25) is 0 Å². The van der Waals surface area contributed by atoms with Gasteiger partial charge in [0.1, 0.15) is 0 Å². The van der Waals surface area contributed by atoms with Gasteiger partial charge in [-0.25, -0.2) is 0 Å². The largest absolute Gasteiger partial charge is 0.378 e. The van der Waals surface area contributed by atoms with Gasteiger partial charge >= 0.3 is 0 Å². The van der Waals surface area contributed by atoms with Crippen molar-refractivity contribution in [2.75, 3.05) is 6.61 Å².